The lowest BCUT2D eigenvalue weighted by Gasteiger charge is -2.20. The molecule has 176 valence electrons. The summed E-state index contributed by atoms with van der Waals surface area (Å²) >= 11 is 12.8. The number of primary amides is 1. The average molecular weight is 514 g/mol. The van der Waals surface area contributed by atoms with E-state index in [2.05, 4.69) is 15.2 Å². The van der Waals surface area contributed by atoms with Crippen LogP contribution < -0.4 is 10.6 Å². The van der Waals surface area contributed by atoms with Crippen molar-refractivity contribution in [3.63, 3.8) is 0 Å². The first-order valence-electron chi connectivity index (χ1n) is 11.0. The lowest BCUT2D eigenvalue weighted by molar-refractivity contribution is 0.256. The number of hydrogen-bond donors (Lipinski definition) is 2. The van der Waals surface area contributed by atoms with E-state index in [1.165, 1.54) is 4.90 Å². The van der Waals surface area contributed by atoms with Crippen LogP contribution in [-0.4, -0.2) is 21.2 Å². The van der Waals surface area contributed by atoms with Gasteiger partial charge in [-0.25, -0.2) is 14.7 Å². The molecule has 0 atom stereocenters. The van der Waals surface area contributed by atoms with Crippen molar-refractivity contribution in [3.05, 3.63) is 95.1 Å². The summed E-state index contributed by atoms with van der Waals surface area (Å²) in [5.41, 5.74) is 9.78. The number of aromatic nitrogens is 3. The molecule has 3 aromatic heterocycles. The number of nitrogens with zero attached hydrogens (tertiary/aromatic N) is 3. The number of fused-ring (bicyclic) bond motifs is 3. The second-order valence-corrected chi connectivity index (χ2v) is 8.87. The fourth-order valence-electron chi connectivity index (χ4n) is 4.39. The van der Waals surface area contributed by atoms with Crippen molar-refractivity contribution in [2.45, 2.75) is 0 Å². The Morgan fingerprint density at radius 3 is 2.17 bits per heavy atom. The largest absolute Gasteiger partial charge is 0.437 e. The zero-order valence-electron chi connectivity index (χ0n) is 18.6. The lowest BCUT2D eigenvalue weighted by Crippen LogP contribution is -2.32. The number of amides is 2. The zero-order chi connectivity index (χ0) is 24.8. The number of anilines is 2. The molecule has 6 aromatic rings. The van der Waals surface area contributed by atoms with Crippen LogP contribution in [0.4, 0.5) is 16.3 Å². The fraction of sp³-hybridized carbons (Fsp3) is 0. The minimum atomic E-state index is -0.793. The minimum absolute atomic E-state index is 0.225. The number of furan rings is 1. The van der Waals surface area contributed by atoms with Gasteiger partial charge in [-0.3, -0.25) is 5.10 Å². The molecule has 0 aliphatic rings. The Kier molecular flexibility index (Phi) is 5.36. The van der Waals surface area contributed by atoms with Crippen LogP contribution in [0, 0.1) is 0 Å². The monoisotopic (exact) mass is 513 g/mol. The Labute approximate surface area is 215 Å². The summed E-state index contributed by atoms with van der Waals surface area (Å²) < 4.78 is 6.28. The van der Waals surface area contributed by atoms with Gasteiger partial charge in [0.25, 0.3) is 0 Å². The van der Waals surface area contributed by atoms with E-state index in [1.54, 1.807) is 24.4 Å². The fourth-order valence-corrected chi connectivity index (χ4v) is 4.95. The molecule has 0 saturated carbocycles. The van der Waals surface area contributed by atoms with Crippen LogP contribution in [0.25, 0.3) is 44.5 Å². The molecule has 2 amide bonds. The number of nitrogens with one attached hydrogen (secondary N) is 1. The van der Waals surface area contributed by atoms with Gasteiger partial charge in [0.2, 0.25) is 5.71 Å². The lowest BCUT2D eigenvalue weighted by atomic mass is 9.98. The second kappa shape index (κ2) is 8.71. The summed E-state index contributed by atoms with van der Waals surface area (Å²) in [6.45, 7) is 0. The first kappa shape index (κ1) is 22.2. The molecular formula is C27H17Cl2N5O2. The number of rotatable bonds is 4. The molecule has 0 aliphatic carbocycles. The maximum Gasteiger partial charge on any atom is 0.325 e. The number of carbonyl (C=O) groups is 1. The summed E-state index contributed by atoms with van der Waals surface area (Å²) in [7, 11) is 0. The highest BCUT2D eigenvalue weighted by molar-refractivity contribution is 6.40. The van der Waals surface area contributed by atoms with Crippen LogP contribution in [0.15, 0.2) is 89.5 Å². The Morgan fingerprint density at radius 2 is 1.53 bits per heavy atom. The molecule has 0 unspecified atom stereocenters. The van der Waals surface area contributed by atoms with Crippen LogP contribution in [0.1, 0.15) is 0 Å². The number of hydrogen-bond acceptors (Lipinski definition) is 4. The maximum atomic E-state index is 12.6. The number of aromatic amines is 1. The molecule has 3 N–H and O–H groups in total. The molecule has 0 aliphatic heterocycles. The van der Waals surface area contributed by atoms with Gasteiger partial charge in [-0.15, -0.1) is 0 Å². The summed E-state index contributed by atoms with van der Waals surface area (Å²) in [6.07, 6.45) is 1.59. The van der Waals surface area contributed by atoms with Crippen LogP contribution in [-0.2, 0) is 0 Å². The van der Waals surface area contributed by atoms with E-state index in [0.29, 0.717) is 22.4 Å². The highest BCUT2D eigenvalue weighted by Crippen LogP contribution is 2.45. The van der Waals surface area contributed by atoms with Gasteiger partial charge in [-0.05, 0) is 17.7 Å². The van der Waals surface area contributed by atoms with Crippen molar-refractivity contribution < 1.29 is 9.21 Å². The number of H-pyrrole nitrogens is 1. The average Bonchev–Trinajstić information content (AvgIpc) is 3.49. The first-order valence-corrected chi connectivity index (χ1v) is 11.7. The third-order valence-electron chi connectivity index (χ3n) is 5.93. The normalized spacial score (nSPS) is 11.3. The maximum absolute atomic E-state index is 12.6. The highest BCUT2D eigenvalue weighted by Gasteiger charge is 2.28. The van der Waals surface area contributed by atoms with E-state index in [1.807, 2.05) is 60.7 Å². The summed E-state index contributed by atoms with van der Waals surface area (Å²) in [4.78, 5) is 18.4. The predicted molar refractivity (Wildman–Crippen MR) is 143 cm³/mol. The molecule has 3 heterocycles. The number of urea groups is 1. The van der Waals surface area contributed by atoms with Gasteiger partial charge >= 0.3 is 6.03 Å². The van der Waals surface area contributed by atoms with E-state index in [-0.39, 0.29) is 21.6 Å². The van der Waals surface area contributed by atoms with Gasteiger partial charge in [-0.1, -0.05) is 89.9 Å². The Balaban J connectivity index is 1.67. The number of para-hydroxylation sites is 1. The molecule has 0 saturated heterocycles. The molecule has 9 heteroatoms. The van der Waals surface area contributed by atoms with Gasteiger partial charge in [-0.2, -0.15) is 5.10 Å². The summed E-state index contributed by atoms with van der Waals surface area (Å²) in [5, 5.41) is 9.30. The van der Waals surface area contributed by atoms with E-state index in [4.69, 9.17) is 33.4 Å². The molecule has 0 radical (unpaired) electrons. The van der Waals surface area contributed by atoms with Crippen molar-refractivity contribution in [2.75, 3.05) is 4.90 Å². The van der Waals surface area contributed by atoms with E-state index in [9.17, 15) is 4.79 Å². The van der Waals surface area contributed by atoms with E-state index in [0.717, 1.165) is 22.1 Å². The smallest absolute Gasteiger partial charge is 0.325 e. The Bertz CT molecular complexity index is 1730. The van der Waals surface area contributed by atoms with Crippen molar-refractivity contribution in [3.8, 4) is 22.5 Å². The molecular weight excluding hydrogens is 497 g/mol. The summed E-state index contributed by atoms with van der Waals surface area (Å²) in [5.74, 6) is 0.900. The quantitative estimate of drug-likeness (QED) is 0.253. The molecule has 7 nitrogen and oxygen atoms in total. The highest BCUT2D eigenvalue weighted by atomic mass is 35.5. The van der Waals surface area contributed by atoms with Crippen molar-refractivity contribution in [1.29, 1.82) is 0 Å². The van der Waals surface area contributed by atoms with Gasteiger partial charge in [0.05, 0.1) is 32.0 Å². The van der Waals surface area contributed by atoms with Gasteiger partial charge < -0.3 is 10.2 Å². The van der Waals surface area contributed by atoms with Crippen LogP contribution in [0.5, 0.6) is 0 Å². The standard InChI is InChI=1S/C27H17Cl2N5O2/c28-18-12-7-13-19(29)23(18)34(27(30)35)25-17-14-31-26-21(22(17)32-33-25)20(15-8-3-1-4-9-15)24(36-26)16-10-5-2-6-11-16/h1-14H,(H2,30,35)(H,32,33). The number of carbonyl (C=O) groups excluding carboxylic acids is 1. The molecule has 0 fully saturated rings. The van der Waals surface area contributed by atoms with Crippen LogP contribution >= 0.6 is 23.2 Å². The Hall–Kier alpha value is -4.33. The first-order chi connectivity index (χ1) is 17.5. The third kappa shape index (κ3) is 3.48. The zero-order valence-corrected chi connectivity index (χ0v) is 20.1. The molecule has 0 bridgehead atoms. The van der Waals surface area contributed by atoms with Gasteiger partial charge in [0, 0.05) is 17.3 Å². The van der Waals surface area contributed by atoms with Crippen LogP contribution in [0.2, 0.25) is 10.0 Å². The van der Waals surface area contributed by atoms with Gasteiger partial charge in [0.1, 0.15) is 5.76 Å². The SMILES string of the molecule is NC(=O)N(c1c(Cl)cccc1Cl)c1n[nH]c2c1cnc1oc(-c3ccccc3)c(-c3ccccc3)c12. The topological polar surface area (TPSA) is 101 Å². The van der Waals surface area contributed by atoms with Crippen molar-refractivity contribution >= 4 is 62.7 Å². The van der Waals surface area contributed by atoms with Crippen LogP contribution in [0.3, 0.4) is 0 Å². The molecule has 3 aromatic carbocycles. The molecule has 6 rings (SSSR count). The predicted octanol–water partition coefficient (Wildman–Crippen LogP) is 7.56. The van der Waals surface area contributed by atoms with E-state index < -0.39 is 6.03 Å². The minimum Gasteiger partial charge on any atom is -0.437 e. The number of benzene rings is 3. The number of halogens is 2. The van der Waals surface area contributed by atoms with Gasteiger partial charge in [0.15, 0.2) is 5.82 Å². The number of nitrogens with two attached hydrogens (primary N) is 1. The molecule has 0 spiro atoms. The summed E-state index contributed by atoms with van der Waals surface area (Å²) in [6, 6.07) is 23.8. The van der Waals surface area contributed by atoms with E-state index >= 15 is 0 Å². The third-order valence-corrected chi connectivity index (χ3v) is 6.54. The Morgan fingerprint density at radius 1 is 0.889 bits per heavy atom. The van der Waals surface area contributed by atoms with Crippen molar-refractivity contribution in [1.82, 2.24) is 15.2 Å². The molecule has 36 heavy (non-hydrogen) atoms. The second-order valence-electron chi connectivity index (χ2n) is 8.06. The van der Waals surface area contributed by atoms with Crippen molar-refractivity contribution in [2.24, 2.45) is 5.73 Å². The number of pyridine rings is 1.